The number of rotatable bonds is 6. The molecule has 1 aliphatic heterocycles. The molecule has 0 bridgehead atoms. The number of nitrogens with zero attached hydrogens (tertiary/aromatic N) is 2. The van der Waals surface area contributed by atoms with Gasteiger partial charge in [-0.05, 0) is 67.8 Å². The number of ether oxygens (including phenoxy) is 1. The Kier molecular flexibility index (Phi) is 7.23. The van der Waals surface area contributed by atoms with Crippen molar-refractivity contribution < 1.29 is 9.53 Å². The van der Waals surface area contributed by atoms with Crippen LogP contribution in [0, 0.1) is 11.8 Å². The van der Waals surface area contributed by atoms with Crippen LogP contribution in [0.2, 0.25) is 10.0 Å². The van der Waals surface area contributed by atoms with Gasteiger partial charge in [0, 0.05) is 33.1 Å². The Labute approximate surface area is 221 Å². The van der Waals surface area contributed by atoms with E-state index in [0.717, 1.165) is 40.6 Å². The van der Waals surface area contributed by atoms with E-state index in [-0.39, 0.29) is 18.6 Å². The zero-order chi connectivity index (χ0) is 25.1. The van der Waals surface area contributed by atoms with Crippen LogP contribution in [-0.4, -0.2) is 28.5 Å². The highest BCUT2D eigenvalue weighted by molar-refractivity contribution is 6.31. The van der Waals surface area contributed by atoms with Crippen LogP contribution in [0.1, 0.15) is 31.5 Å². The lowest BCUT2D eigenvalue weighted by molar-refractivity contribution is -0.134. The SMILES string of the molecule is CC#CCn1c(C2CCCN2C(=O)COc2ccc(Cl)cc2)c(-c2ccccc2)c2cc(Cl)ccc21. The summed E-state index contributed by atoms with van der Waals surface area (Å²) in [6.45, 7) is 3.04. The van der Waals surface area contributed by atoms with Crippen LogP contribution in [0.15, 0.2) is 72.8 Å². The van der Waals surface area contributed by atoms with E-state index in [1.165, 1.54) is 0 Å². The summed E-state index contributed by atoms with van der Waals surface area (Å²) in [5.74, 6) is 6.85. The number of aromatic nitrogens is 1. The van der Waals surface area contributed by atoms with Crippen LogP contribution in [0.25, 0.3) is 22.0 Å². The Morgan fingerprint density at radius 2 is 1.78 bits per heavy atom. The van der Waals surface area contributed by atoms with E-state index < -0.39 is 0 Å². The maximum Gasteiger partial charge on any atom is 0.261 e. The molecule has 0 spiro atoms. The molecule has 1 aromatic heterocycles. The molecular weight excluding hydrogens is 491 g/mol. The molecule has 0 N–H and O–H groups in total. The molecule has 1 aliphatic rings. The molecule has 5 rings (SSSR count). The smallest absolute Gasteiger partial charge is 0.261 e. The third-order valence-electron chi connectivity index (χ3n) is 6.61. The molecule has 3 aromatic carbocycles. The van der Waals surface area contributed by atoms with Gasteiger partial charge in [0.05, 0.1) is 18.3 Å². The third kappa shape index (κ3) is 4.82. The second-order valence-corrected chi connectivity index (χ2v) is 9.66. The zero-order valence-corrected chi connectivity index (χ0v) is 21.5. The van der Waals surface area contributed by atoms with Gasteiger partial charge in [0.25, 0.3) is 5.91 Å². The normalized spacial score (nSPS) is 15.1. The fraction of sp³-hybridized carbons (Fsp3) is 0.233. The average Bonchev–Trinajstić information content (AvgIpc) is 3.49. The Morgan fingerprint density at radius 3 is 2.53 bits per heavy atom. The number of hydrogen-bond donors (Lipinski definition) is 0. The summed E-state index contributed by atoms with van der Waals surface area (Å²) in [5.41, 5.74) is 4.36. The topological polar surface area (TPSA) is 34.5 Å². The zero-order valence-electron chi connectivity index (χ0n) is 20.0. The molecule has 1 unspecified atom stereocenters. The van der Waals surface area contributed by atoms with Crippen LogP contribution in [0.3, 0.4) is 0 Å². The molecule has 1 fully saturated rings. The minimum Gasteiger partial charge on any atom is -0.484 e. The second kappa shape index (κ2) is 10.7. The molecule has 0 saturated carbocycles. The van der Waals surface area contributed by atoms with E-state index in [0.29, 0.717) is 28.9 Å². The van der Waals surface area contributed by atoms with Crippen LogP contribution in [0.5, 0.6) is 5.75 Å². The molecule has 36 heavy (non-hydrogen) atoms. The van der Waals surface area contributed by atoms with Gasteiger partial charge in [-0.15, -0.1) is 5.92 Å². The Morgan fingerprint density at radius 1 is 1.03 bits per heavy atom. The predicted octanol–water partition coefficient (Wildman–Crippen LogP) is 7.38. The molecule has 182 valence electrons. The second-order valence-electron chi connectivity index (χ2n) is 8.79. The first kappa shape index (κ1) is 24.3. The first-order chi connectivity index (χ1) is 17.6. The molecule has 1 amide bonds. The van der Waals surface area contributed by atoms with Crippen molar-refractivity contribution >= 4 is 40.0 Å². The molecule has 0 radical (unpaired) electrons. The quantitative estimate of drug-likeness (QED) is 0.250. The lowest BCUT2D eigenvalue weighted by Crippen LogP contribution is -2.35. The summed E-state index contributed by atoms with van der Waals surface area (Å²) < 4.78 is 8.06. The van der Waals surface area contributed by atoms with Crippen LogP contribution in [-0.2, 0) is 11.3 Å². The predicted molar refractivity (Wildman–Crippen MR) is 146 cm³/mol. The highest BCUT2D eigenvalue weighted by Crippen LogP contribution is 2.44. The molecule has 2 heterocycles. The summed E-state index contributed by atoms with van der Waals surface area (Å²) in [6, 6.07) is 23.3. The summed E-state index contributed by atoms with van der Waals surface area (Å²) in [5, 5.41) is 2.38. The van der Waals surface area contributed by atoms with Crippen molar-refractivity contribution in [2.45, 2.75) is 32.4 Å². The Balaban J connectivity index is 1.58. The molecular formula is C30H26Cl2N2O2. The lowest BCUT2D eigenvalue weighted by Gasteiger charge is -2.27. The molecule has 1 atom stereocenters. The summed E-state index contributed by atoms with van der Waals surface area (Å²) in [6.07, 6.45) is 1.80. The van der Waals surface area contributed by atoms with Gasteiger partial charge in [0.1, 0.15) is 5.75 Å². The van der Waals surface area contributed by atoms with Gasteiger partial charge in [-0.25, -0.2) is 0 Å². The number of likely N-dealkylation sites (tertiary alicyclic amines) is 1. The van der Waals surface area contributed by atoms with E-state index in [1.54, 1.807) is 24.3 Å². The maximum absolute atomic E-state index is 13.4. The van der Waals surface area contributed by atoms with Gasteiger partial charge >= 0.3 is 0 Å². The number of benzene rings is 3. The van der Waals surface area contributed by atoms with E-state index in [9.17, 15) is 4.79 Å². The highest BCUT2D eigenvalue weighted by atomic mass is 35.5. The van der Waals surface area contributed by atoms with E-state index >= 15 is 0 Å². The van der Waals surface area contributed by atoms with Gasteiger partial charge in [-0.1, -0.05) is 59.5 Å². The fourth-order valence-corrected chi connectivity index (χ4v) is 5.34. The van der Waals surface area contributed by atoms with Crippen molar-refractivity contribution in [1.29, 1.82) is 0 Å². The molecule has 4 nitrogen and oxygen atoms in total. The number of carbonyl (C=O) groups excluding carboxylic acids is 1. The van der Waals surface area contributed by atoms with Crippen molar-refractivity contribution in [2.24, 2.45) is 0 Å². The highest BCUT2D eigenvalue weighted by Gasteiger charge is 2.35. The number of fused-ring (bicyclic) bond motifs is 1. The van der Waals surface area contributed by atoms with Gasteiger partial charge < -0.3 is 14.2 Å². The first-order valence-corrected chi connectivity index (χ1v) is 12.8. The van der Waals surface area contributed by atoms with Gasteiger partial charge in [0.15, 0.2) is 6.61 Å². The standard InChI is InChI=1S/C30H26Cl2N2O2/c1-2-3-17-34-26-16-13-23(32)19-25(26)29(21-8-5-4-6-9-21)30(34)27-10-7-18-33(27)28(35)20-36-24-14-11-22(31)12-15-24/h4-6,8-9,11-16,19,27H,7,10,17-18,20H2,1H3. The molecule has 0 aliphatic carbocycles. The first-order valence-electron chi connectivity index (χ1n) is 12.0. The number of hydrogen-bond acceptors (Lipinski definition) is 2. The Hall–Kier alpha value is -3.39. The maximum atomic E-state index is 13.4. The van der Waals surface area contributed by atoms with Crippen LogP contribution >= 0.6 is 23.2 Å². The van der Waals surface area contributed by atoms with Gasteiger partial charge in [-0.3, -0.25) is 4.79 Å². The van der Waals surface area contributed by atoms with Crippen molar-refractivity contribution in [1.82, 2.24) is 9.47 Å². The summed E-state index contributed by atoms with van der Waals surface area (Å²) >= 11 is 12.4. The molecule has 6 heteroatoms. The van der Waals surface area contributed by atoms with E-state index in [2.05, 4.69) is 34.6 Å². The molecule has 4 aromatic rings. The minimum atomic E-state index is -0.0913. The van der Waals surface area contributed by atoms with Crippen molar-refractivity contribution in [2.75, 3.05) is 13.2 Å². The fourth-order valence-electron chi connectivity index (χ4n) is 5.04. The van der Waals surface area contributed by atoms with Gasteiger partial charge in [-0.2, -0.15) is 0 Å². The van der Waals surface area contributed by atoms with Gasteiger partial charge in [0.2, 0.25) is 0 Å². The largest absolute Gasteiger partial charge is 0.484 e. The minimum absolute atomic E-state index is 0.0281. The van der Waals surface area contributed by atoms with Crippen LogP contribution < -0.4 is 4.74 Å². The lowest BCUT2D eigenvalue weighted by atomic mass is 9.97. The average molecular weight is 517 g/mol. The summed E-state index contributed by atoms with van der Waals surface area (Å²) in [4.78, 5) is 15.4. The van der Waals surface area contributed by atoms with Crippen molar-refractivity contribution in [3.8, 4) is 28.7 Å². The van der Waals surface area contributed by atoms with E-state index in [1.807, 2.05) is 42.2 Å². The van der Waals surface area contributed by atoms with Crippen LogP contribution in [0.4, 0.5) is 0 Å². The van der Waals surface area contributed by atoms with Crippen molar-refractivity contribution in [3.05, 3.63) is 88.5 Å². The Bertz CT molecular complexity index is 1450. The number of halogens is 2. The monoisotopic (exact) mass is 516 g/mol. The summed E-state index contributed by atoms with van der Waals surface area (Å²) in [7, 11) is 0. The molecule has 1 saturated heterocycles. The van der Waals surface area contributed by atoms with Crippen molar-refractivity contribution in [3.63, 3.8) is 0 Å². The van der Waals surface area contributed by atoms with E-state index in [4.69, 9.17) is 27.9 Å². The number of carbonyl (C=O) groups is 1. The number of amides is 1. The third-order valence-corrected chi connectivity index (χ3v) is 7.09.